The molecule has 1 aromatic carbocycles. The minimum atomic E-state index is -2.87. The van der Waals surface area contributed by atoms with Crippen molar-refractivity contribution >= 4 is 29.3 Å². The van der Waals surface area contributed by atoms with Crippen LogP contribution in [0.1, 0.15) is 10.4 Å². The van der Waals surface area contributed by atoms with Crippen molar-refractivity contribution in [1.82, 2.24) is 0 Å². The van der Waals surface area contributed by atoms with Crippen molar-refractivity contribution in [2.75, 3.05) is 0 Å². The predicted octanol–water partition coefficient (Wildman–Crippen LogP) is 3.69. The summed E-state index contributed by atoms with van der Waals surface area (Å²) in [4.78, 5) is 16.7. The first kappa shape index (κ1) is 14.4. The van der Waals surface area contributed by atoms with E-state index in [0.717, 1.165) is 4.88 Å². The number of carbonyl (C=O) groups is 1. The Morgan fingerprint density at radius 2 is 2.00 bits per heavy atom. The average molecular weight is 321 g/mol. The van der Waals surface area contributed by atoms with Gasteiger partial charge in [-0.3, -0.25) is 0 Å². The molecule has 7 heteroatoms. The number of alkyl halides is 2. The quantitative estimate of drug-likeness (QED) is 0.637. The summed E-state index contributed by atoms with van der Waals surface area (Å²) < 4.78 is 33.5. The van der Waals surface area contributed by atoms with Gasteiger partial charge in [0.25, 0.3) is 0 Å². The first-order valence-corrected chi connectivity index (χ1v) is 7.11. The molecule has 2 aromatic rings. The van der Waals surface area contributed by atoms with Crippen LogP contribution >= 0.6 is 11.3 Å². The van der Waals surface area contributed by atoms with Gasteiger partial charge in [0, 0.05) is 0 Å². The van der Waals surface area contributed by atoms with E-state index in [1.54, 1.807) is 18.2 Å². The van der Waals surface area contributed by atoms with Gasteiger partial charge in [-0.05, 0) is 35.2 Å². The standard InChI is InChI=1S/C15H9F2NO3S/c16-15(17)20-10-5-3-9(4-6-10)8-11-14(19)21-13(18-11)12-2-1-7-22-12/h1-8,15H/b11-8+. The van der Waals surface area contributed by atoms with Crippen LogP contribution in [-0.2, 0) is 9.53 Å². The van der Waals surface area contributed by atoms with E-state index >= 15 is 0 Å². The Morgan fingerprint density at radius 1 is 1.23 bits per heavy atom. The predicted molar refractivity (Wildman–Crippen MR) is 78.0 cm³/mol. The molecule has 0 bridgehead atoms. The van der Waals surface area contributed by atoms with Gasteiger partial charge >= 0.3 is 12.6 Å². The van der Waals surface area contributed by atoms with Crippen LogP contribution in [0.15, 0.2) is 52.5 Å². The average Bonchev–Trinajstić information content (AvgIpc) is 3.11. The number of hydrogen-bond donors (Lipinski definition) is 0. The number of hydrogen-bond acceptors (Lipinski definition) is 5. The van der Waals surface area contributed by atoms with Gasteiger partial charge < -0.3 is 9.47 Å². The summed E-state index contributed by atoms with van der Waals surface area (Å²) in [5, 5.41) is 1.86. The zero-order valence-electron chi connectivity index (χ0n) is 11.0. The normalized spacial score (nSPS) is 16.0. The van der Waals surface area contributed by atoms with Crippen LogP contribution in [0.3, 0.4) is 0 Å². The van der Waals surface area contributed by atoms with Gasteiger partial charge in [-0.1, -0.05) is 18.2 Å². The maximum atomic E-state index is 12.1. The fourth-order valence-corrected chi connectivity index (χ4v) is 2.47. The van der Waals surface area contributed by atoms with Gasteiger partial charge in [0.15, 0.2) is 5.70 Å². The van der Waals surface area contributed by atoms with Crippen molar-refractivity contribution in [2.45, 2.75) is 6.61 Å². The highest BCUT2D eigenvalue weighted by molar-refractivity contribution is 7.12. The summed E-state index contributed by atoms with van der Waals surface area (Å²) in [6.07, 6.45) is 1.52. The molecule has 0 atom stereocenters. The molecular formula is C15H9F2NO3S. The third-order valence-electron chi connectivity index (χ3n) is 2.76. The van der Waals surface area contributed by atoms with E-state index in [0.29, 0.717) is 5.56 Å². The molecule has 22 heavy (non-hydrogen) atoms. The Bertz CT molecular complexity index is 737. The fraction of sp³-hybridized carbons (Fsp3) is 0.0667. The summed E-state index contributed by atoms with van der Waals surface area (Å²) in [6.45, 7) is -2.87. The van der Waals surface area contributed by atoms with Crippen molar-refractivity contribution < 1.29 is 23.0 Å². The molecule has 0 aliphatic carbocycles. The van der Waals surface area contributed by atoms with Crippen LogP contribution in [0.2, 0.25) is 0 Å². The molecule has 0 N–H and O–H groups in total. The summed E-state index contributed by atoms with van der Waals surface area (Å²) in [7, 11) is 0. The van der Waals surface area contributed by atoms with E-state index in [2.05, 4.69) is 9.73 Å². The lowest BCUT2D eigenvalue weighted by molar-refractivity contribution is -0.129. The number of halogens is 2. The number of thiophene rings is 1. The molecule has 1 aromatic heterocycles. The molecule has 0 fully saturated rings. The number of nitrogens with zero attached hydrogens (tertiary/aromatic N) is 1. The van der Waals surface area contributed by atoms with Crippen molar-refractivity contribution in [3.63, 3.8) is 0 Å². The number of ether oxygens (including phenoxy) is 2. The number of benzene rings is 1. The van der Waals surface area contributed by atoms with Crippen molar-refractivity contribution in [2.24, 2.45) is 4.99 Å². The molecule has 0 radical (unpaired) electrons. The number of cyclic esters (lactones) is 1. The van der Waals surface area contributed by atoms with Crippen molar-refractivity contribution in [1.29, 1.82) is 0 Å². The number of carbonyl (C=O) groups excluding carboxylic acids is 1. The van der Waals surface area contributed by atoms with E-state index in [1.807, 2.05) is 11.4 Å². The maximum Gasteiger partial charge on any atom is 0.387 e. The Kier molecular flexibility index (Phi) is 3.97. The summed E-state index contributed by atoms with van der Waals surface area (Å²) in [5.41, 5.74) is 0.788. The molecule has 3 rings (SSSR count). The van der Waals surface area contributed by atoms with Crippen LogP contribution in [0.4, 0.5) is 8.78 Å². The smallest absolute Gasteiger partial charge is 0.387 e. The molecular weight excluding hydrogens is 312 g/mol. The molecule has 0 saturated heterocycles. The van der Waals surface area contributed by atoms with E-state index in [4.69, 9.17) is 4.74 Å². The lowest BCUT2D eigenvalue weighted by Crippen LogP contribution is -2.03. The fourth-order valence-electron chi connectivity index (χ4n) is 1.82. The Balaban J connectivity index is 1.81. The number of aliphatic imine (C=N–C) groups is 1. The summed E-state index contributed by atoms with van der Waals surface area (Å²) in [5.74, 6) is -0.228. The minimum absolute atomic E-state index is 0.0499. The zero-order chi connectivity index (χ0) is 15.5. The van der Waals surface area contributed by atoms with Gasteiger partial charge in [-0.15, -0.1) is 11.3 Å². The monoisotopic (exact) mass is 321 g/mol. The highest BCUT2D eigenvalue weighted by Crippen LogP contribution is 2.22. The zero-order valence-corrected chi connectivity index (χ0v) is 11.8. The van der Waals surface area contributed by atoms with Gasteiger partial charge in [-0.25, -0.2) is 9.79 Å². The SMILES string of the molecule is O=C1OC(c2cccs2)=N/C1=C/c1ccc(OC(F)F)cc1. The third kappa shape index (κ3) is 3.20. The molecule has 0 amide bonds. The van der Waals surface area contributed by atoms with E-state index in [9.17, 15) is 13.6 Å². The first-order chi connectivity index (χ1) is 10.6. The van der Waals surface area contributed by atoms with Crippen molar-refractivity contribution in [3.05, 3.63) is 57.9 Å². The number of rotatable bonds is 4. The van der Waals surface area contributed by atoms with Gasteiger partial charge in [0.05, 0.1) is 4.88 Å². The number of esters is 1. The van der Waals surface area contributed by atoms with Gasteiger partial charge in [-0.2, -0.15) is 8.78 Å². The second kappa shape index (κ2) is 6.07. The summed E-state index contributed by atoms with van der Waals surface area (Å²) >= 11 is 1.42. The van der Waals surface area contributed by atoms with Crippen LogP contribution in [-0.4, -0.2) is 18.5 Å². The van der Waals surface area contributed by atoms with Crippen molar-refractivity contribution in [3.8, 4) is 5.75 Å². The largest absolute Gasteiger partial charge is 0.435 e. The lowest BCUT2D eigenvalue weighted by Gasteiger charge is -2.03. The van der Waals surface area contributed by atoms with E-state index < -0.39 is 12.6 Å². The topological polar surface area (TPSA) is 47.9 Å². The van der Waals surface area contributed by atoms with E-state index in [-0.39, 0.29) is 17.3 Å². The highest BCUT2D eigenvalue weighted by atomic mass is 32.1. The van der Waals surface area contributed by atoms with Crippen LogP contribution in [0, 0.1) is 0 Å². The molecule has 0 unspecified atom stereocenters. The highest BCUT2D eigenvalue weighted by Gasteiger charge is 2.24. The minimum Gasteiger partial charge on any atom is -0.435 e. The van der Waals surface area contributed by atoms with E-state index in [1.165, 1.54) is 29.5 Å². The summed E-state index contributed by atoms with van der Waals surface area (Å²) in [6, 6.07) is 9.52. The molecule has 4 nitrogen and oxygen atoms in total. The lowest BCUT2D eigenvalue weighted by atomic mass is 10.2. The third-order valence-corrected chi connectivity index (χ3v) is 3.62. The molecule has 112 valence electrons. The molecule has 0 spiro atoms. The second-order valence-corrected chi connectivity index (χ2v) is 5.21. The first-order valence-electron chi connectivity index (χ1n) is 6.23. The molecule has 1 aliphatic rings. The van der Waals surface area contributed by atoms with Crippen LogP contribution in [0.25, 0.3) is 6.08 Å². The Labute approximate surface area is 128 Å². The van der Waals surface area contributed by atoms with Gasteiger partial charge in [0.1, 0.15) is 5.75 Å². The Hall–Kier alpha value is -2.54. The molecule has 0 saturated carbocycles. The maximum absolute atomic E-state index is 12.1. The molecule has 2 heterocycles. The van der Waals surface area contributed by atoms with Gasteiger partial charge in [0.2, 0.25) is 5.90 Å². The van der Waals surface area contributed by atoms with Crippen LogP contribution in [0.5, 0.6) is 5.75 Å². The second-order valence-electron chi connectivity index (χ2n) is 4.26. The molecule has 1 aliphatic heterocycles. The van der Waals surface area contributed by atoms with Crippen LogP contribution < -0.4 is 4.74 Å². The Morgan fingerprint density at radius 3 is 2.64 bits per heavy atom.